The zero-order valence-corrected chi connectivity index (χ0v) is 17.0. The molecular weight excluding hydrogens is 362 g/mol. The maximum atomic E-state index is 12.8. The zero-order valence-electron chi connectivity index (χ0n) is 17.0. The van der Waals surface area contributed by atoms with E-state index in [1.54, 1.807) is 12.1 Å². The second kappa shape index (κ2) is 9.31. The van der Waals surface area contributed by atoms with Gasteiger partial charge >= 0.3 is 0 Å². The maximum absolute atomic E-state index is 12.8. The number of hydrogen-bond acceptors (Lipinski definition) is 4. The van der Waals surface area contributed by atoms with Crippen LogP contribution in [0.1, 0.15) is 18.4 Å². The van der Waals surface area contributed by atoms with Gasteiger partial charge in [-0.05, 0) is 68.1 Å². The van der Waals surface area contributed by atoms with E-state index in [2.05, 4.69) is 40.1 Å². The van der Waals surface area contributed by atoms with Crippen molar-refractivity contribution in [2.75, 3.05) is 50.7 Å². The third-order valence-corrected chi connectivity index (χ3v) is 6.28. The molecule has 2 aliphatic rings. The predicted molar refractivity (Wildman–Crippen MR) is 116 cm³/mol. The van der Waals surface area contributed by atoms with Crippen molar-refractivity contribution in [1.82, 2.24) is 9.80 Å². The Balaban J connectivity index is 1.19. The molecule has 1 N–H and O–H groups in total. The number of likely N-dealkylation sites (tertiary alicyclic amines) is 1. The van der Waals surface area contributed by atoms with Gasteiger partial charge in [-0.2, -0.15) is 0 Å². The van der Waals surface area contributed by atoms with Gasteiger partial charge in [0, 0.05) is 31.9 Å². The number of anilines is 1. The van der Waals surface area contributed by atoms with Gasteiger partial charge in [0.1, 0.15) is 5.75 Å². The number of hydrogen-bond donors (Lipinski definition) is 1. The maximum Gasteiger partial charge on any atom is 0.236 e. The summed E-state index contributed by atoms with van der Waals surface area (Å²) in [5.41, 5.74) is 2.53. The zero-order chi connectivity index (χ0) is 20.1. The first-order valence-corrected chi connectivity index (χ1v) is 10.8. The second-order valence-electron chi connectivity index (χ2n) is 8.29. The minimum Gasteiger partial charge on any atom is -0.508 e. The highest BCUT2D eigenvalue weighted by Crippen LogP contribution is 2.22. The molecule has 0 unspecified atom stereocenters. The monoisotopic (exact) mass is 393 g/mol. The summed E-state index contributed by atoms with van der Waals surface area (Å²) >= 11 is 0. The molecule has 2 heterocycles. The van der Waals surface area contributed by atoms with Crippen LogP contribution in [0.3, 0.4) is 0 Å². The molecule has 0 spiro atoms. The summed E-state index contributed by atoms with van der Waals surface area (Å²) in [6, 6.07) is 18.0. The summed E-state index contributed by atoms with van der Waals surface area (Å²) in [7, 11) is 0. The molecule has 154 valence electrons. The second-order valence-corrected chi connectivity index (χ2v) is 8.29. The van der Waals surface area contributed by atoms with E-state index < -0.39 is 0 Å². The number of carbonyl (C=O) groups is 1. The van der Waals surface area contributed by atoms with Crippen molar-refractivity contribution >= 4 is 11.6 Å². The van der Waals surface area contributed by atoms with Crippen LogP contribution in [0.4, 0.5) is 5.69 Å². The normalized spacial score (nSPS) is 18.8. The van der Waals surface area contributed by atoms with Gasteiger partial charge in [0.25, 0.3) is 0 Å². The molecule has 29 heavy (non-hydrogen) atoms. The third kappa shape index (κ3) is 5.30. The van der Waals surface area contributed by atoms with E-state index in [4.69, 9.17) is 0 Å². The van der Waals surface area contributed by atoms with Gasteiger partial charge in [-0.15, -0.1) is 0 Å². The van der Waals surface area contributed by atoms with Crippen LogP contribution in [0.2, 0.25) is 0 Å². The number of benzene rings is 2. The number of amides is 1. The predicted octanol–water partition coefficient (Wildman–Crippen LogP) is 3.00. The molecule has 0 radical (unpaired) electrons. The lowest BCUT2D eigenvalue weighted by atomic mass is 9.90. The van der Waals surface area contributed by atoms with Crippen LogP contribution in [0.15, 0.2) is 54.6 Å². The molecule has 1 amide bonds. The fourth-order valence-corrected chi connectivity index (χ4v) is 4.46. The Morgan fingerprint density at radius 3 is 2.17 bits per heavy atom. The molecule has 2 aromatic rings. The summed E-state index contributed by atoms with van der Waals surface area (Å²) in [6.07, 6.45) is 3.51. The van der Waals surface area contributed by atoms with Gasteiger partial charge in [0.15, 0.2) is 0 Å². The molecule has 0 bridgehead atoms. The summed E-state index contributed by atoms with van der Waals surface area (Å²) < 4.78 is 0. The van der Waals surface area contributed by atoms with E-state index in [0.29, 0.717) is 6.54 Å². The Kier molecular flexibility index (Phi) is 6.35. The molecule has 2 fully saturated rings. The van der Waals surface area contributed by atoms with Gasteiger partial charge in [0.2, 0.25) is 5.91 Å². The van der Waals surface area contributed by atoms with E-state index in [1.165, 1.54) is 18.4 Å². The van der Waals surface area contributed by atoms with E-state index in [0.717, 1.165) is 57.3 Å². The van der Waals surface area contributed by atoms with E-state index >= 15 is 0 Å². The summed E-state index contributed by atoms with van der Waals surface area (Å²) in [5.74, 6) is 1.28. The van der Waals surface area contributed by atoms with Crippen LogP contribution >= 0.6 is 0 Å². The lowest BCUT2D eigenvalue weighted by Crippen LogP contribution is -2.52. The van der Waals surface area contributed by atoms with E-state index in [-0.39, 0.29) is 11.7 Å². The molecule has 5 nitrogen and oxygen atoms in total. The van der Waals surface area contributed by atoms with Crippen molar-refractivity contribution in [1.29, 1.82) is 0 Å². The SMILES string of the molecule is O=C(CN1CCC(Cc2ccccc2)CC1)N1CCN(c2ccc(O)cc2)CC1. The number of aromatic hydroxyl groups is 1. The van der Waals surface area contributed by atoms with Crippen LogP contribution in [0.25, 0.3) is 0 Å². The molecular formula is C24H31N3O2. The van der Waals surface area contributed by atoms with Gasteiger partial charge in [-0.1, -0.05) is 30.3 Å². The molecule has 4 rings (SSSR count). The Bertz CT molecular complexity index is 778. The van der Waals surface area contributed by atoms with E-state index in [9.17, 15) is 9.90 Å². The quantitative estimate of drug-likeness (QED) is 0.848. The summed E-state index contributed by atoms with van der Waals surface area (Å²) in [5, 5.41) is 9.44. The molecule has 0 aromatic heterocycles. The molecule has 0 aliphatic carbocycles. The van der Waals surface area contributed by atoms with Crippen LogP contribution in [0.5, 0.6) is 5.75 Å². The molecule has 5 heteroatoms. The largest absolute Gasteiger partial charge is 0.508 e. The first kappa shape index (κ1) is 19.8. The molecule has 2 saturated heterocycles. The average Bonchev–Trinajstić information content (AvgIpc) is 2.76. The highest BCUT2D eigenvalue weighted by Gasteiger charge is 2.25. The lowest BCUT2D eigenvalue weighted by Gasteiger charge is -2.38. The van der Waals surface area contributed by atoms with Crippen LogP contribution in [-0.4, -0.2) is 66.6 Å². The van der Waals surface area contributed by atoms with Crippen molar-refractivity contribution in [2.45, 2.75) is 19.3 Å². The Morgan fingerprint density at radius 1 is 0.862 bits per heavy atom. The molecule has 2 aromatic carbocycles. The topological polar surface area (TPSA) is 47.0 Å². The number of piperazine rings is 1. The first-order chi connectivity index (χ1) is 14.2. The number of phenols is 1. The molecule has 0 saturated carbocycles. The minimum absolute atomic E-state index is 0.261. The highest BCUT2D eigenvalue weighted by atomic mass is 16.3. The summed E-state index contributed by atoms with van der Waals surface area (Å²) in [6.45, 7) is 5.82. The van der Waals surface area contributed by atoms with E-state index in [1.807, 2.05) is 17.0 Å². The standard InChI is InChI=1S/C24H31N3O2/c28-23-8-6-22(7-9-23)26-14-16-27(17-15-26)24(29)19-25-12-10-21(11-13-25)18-20-4-2-1-3-5-20/h1-9,21,28H,10-19H2. The Morgan fingerprint density at radius 2 is 1.52 bits per heavy atom. The van der Waals surface area contributed by atoms with Gasteiger partial charge in [-0.3, -0.25) is 9.69 Å². The van der Waals surface area contributed by atoms with Crippen LogP contribution in [-0.2, 0) is 11.2 Å². The fraction of sp³-hybridized carbons (Fsp3) is 0.458. The van der Waals surface area contributed by atoms with Gasteiger partial charge < -0.3 is 14.9 Å². The van der Waals surface area contributed by atoms with Gasteiger partial charge in [0.05, 0.1) is 6.54 Å². The number of carbonyl (C=O) groups excluding carboxylic acids is 1. The lowest BCUT2D eigenvalue weighted by molar-refractivity contribution is -0.133. The number of phenolic OH excluding ortho intramolecular Hbond substituents is 1. The van der Waals surface area contributed by atoms with Crippen LogP contribution in [0, 0.1) is 5.92 Å². The first-order valence-electron chi connectivity index (χ1n) is 10.8. The number of nitrogens with zero attached hydrogens (tertiary/aromatic N) is 3. The van der Waals surface area contributed by atoms with Gasteiger partial charge in [-0.25, -0.2) is 0 Å². The summed E-state index contributed by atoms with van der Waals surface area (Å²) in [4.78, 5) is 19.4. The Labute approximate surface area is 173 Å². The van der Waals surface area contributed by atoms with Crippen molar-refractivity contribution in [3.8, 4) is 5.75 Å². The minimum atomic E-state index is 0.261. The van der Waals surface area contributed by atoms with Crippen LogP contribution < -0.4 is 4.90 Å². The fourth-order valence-electron chi connectivity index (χ4n) is 4.46. The number of rotatable bonds is 5. The highest BCUT2D eigenvalue weighted by molar-refractivity contribution is 5.78. The average molecular weight is 394 g/mol. The molecule has 0 atom stereocenters. The van der Waals surface area contributed by atoms with Crippen molar-refractivity contribution < 1.29 is 9.90 Å². The van der Waals surface area contributed by atoms with Crippen molar-refractivity contribution in [3.05, 3.63) is 60.2 Å². The van der Waals surface area contributed by atoms with Crippen molar-refractivity contribution in [2.24, 2.45) is 5.92 Å². The smallest absolute Gasteiger partial charge is 0.236 e. The number of piperidine rings is 1. The third-order valence-electron chi connectivity index (χ3n) is 6.28. The van der Waals surface area contributed by atoms with Crippen molar-refractivity contribution in [3.63, 3.8) is 0 Å². The molecule has 2 aliphatic heterocycles. The Hall–Kier alpha value is -2.53.